The molecule has 1 aromatic heterocycles. The maximum absolute atomic E-state index is 12.2. The number of ether oxygens (including phenoxy) is 1. The molecule has 0 radical (unpaired) electrons. The van der Waals surface area contributed by atoms with Crippen LogP contribution in [0.3, 0.4) is 0 Å². The molecule has 0 saturated heterocycles. The van der Waals surface area contributed by atoms with E-state index >= 15 is 0 Å². The molecule has 0 aliphatic heterocycles. The van der Waals surface area contributed by atoms with E-state index in [0.717, 1.165) is 24.3 Å². The molecule has 0 aliphatic carbocycles. The summed E-state index contributed by atoms with van der Waals surface area (Å²) in [6.07, 6.45) is 0.859. The Balaban J connectivity index is 1.49. The monoisotopic (exact) mass is 362 g/mol. The van der Waals surface area contributed by atoms with Crippen molar-refractivity contribution < 1.29 is 9.53 Å². The van der Waals surface area contributed by atoms with Gasteiger partial charge in [0.25, 0.3) is 5.91 Å². The average Bonchev–Trinajstić information content (AvgIpc) is 2.70. The molecule has 0 bridgehead atoms. The largest absolute Gasteiger partial charge is 0.497 e. The van der Waals surface area contributed by atoms with Gasteiger partial charge in [0.2, 0.25) is 0 Å². The number of hydrogen-bond acceptors (Lipinski definition) is 5. The second-order valence-corrected chi connectivity index (χ2v) is 6.15. The Labute approximate surface area is 158 Å². The van der Waals surface area contributed by atoms with E-state index in [1.165, 1.54) is 5.56 Å². The molecule has 1 heterocycles. The van der Waals surface area contributed by atoms with Gasteiger partial charge in [0.05, 0.1) is 7.11 Å². The molecule has 0 aliphatic rings. The first-order valence-corrected chi connectivity index (χ1v) is 8.72. The second-order valence-electron chi connectivity index (χ2n) is 6.15. The standard InChI is InChI=1S/C21H22N4O2/c1-15-3-7-17(8-4-15)21(26)23-20-12-11-19(24-25-20)22-14-13-16-5-9-18(27-2)10-6-16/h3-12H,13-14H2,1-2H3,(H,22,24)(H,23,25,26). The zero-order valence-corrected chi connectivity index (χ0v) is 15.4. The van der Waals surface area contributed by atoms with Crippen molar-refractivity contribution in [1.82, 2.24) is 10.2 Å². The van der Waals surface area contributed by atoms with Gasteiger partial charge in [0.1, 0.15) is 11.6 Å². The first-order chi connectivity index (χ1) is 13.1. The summed E-state index contributed by atoms with van der Waals surface area (Å²) in [5, 5.41) is 14.1. The number of hydrogen-bond donors (Lipinski definition) is 2. The van der Waals surface area contributed by atoms with Crippen molar-refractivity contribution in [2.24, 2.45) is 0 Å². The van der Waals surface area contributed by atoms with Crippen LogP contribution in [-0.4, -0.2) is 29.8 Å². The van der Waals surface area contributed by atoms with Gasteiger partial charge in [-0.05, 0) is 55.3 Å². The predicted molar refractivity (Wildman–Crippen MR) is 106 cm³/mol. The predicted octanol–water partition coefficient (Wildman–Crippen LogP) is 3.70. The second kappa shape index (κ2) is 8.80. The fourth-order valence-corrected chi connectivity index (χ4v) is 2.51. The smallest absolute Gasteiger partial charge is 0.256 e. The Morgan fingerprint density at radius 3 is 2.22 bits per heavy atom. The van der Waals surface area contributed by atoms with E-state index in [2.05, 4.69) is 20.8 Å². The zero-order valence-electron chi connectivity index (χ0n) is 15.4. The third kappa shape index (κ3) is 5.28. The van der Waals surface area contributed by atoms with Gasteiger partial charge in [-0.1, -0.05) is 29.8 Å². The Hall–Kier alpha value is -3.41. The van der Waals surface area contributed by atoms with Gasteiger partial charge in [0.15, 0.2) is 5.82 Å². The summed E-state index contributed by atoms with van der Waals surface area (Å²) < 4.78 is 5.15. The van der Waals surface area contributed by atoms with Crippen LogP contribution in [0.1, 0.15) is 21.5 Å². The number of aromatic nitrogens is 2. The molecular formula is C21H22N4O2. The van der Waals surface area contributed by atoms with Gasteiger partial charge >= 0.3 is 0 Å². The van der Waals surface area contributed by atoms with Crippen LogP contribution in [0, 0.1) is 6.92 Å². The lowest BCUT2D eigenvalue weighted by Crippen LogP contribution is -2.14. The van der Waals surface area contributed by atoms with Gasteiger partial charge in [-0.25, -0.2) is 0 Å². The van der Waals surface area contributed by atoms with Crippen LogP contribution in [-0.2, 0) is 6.42 Å². The number of anilines is 2. The topological polar surface area (TPSA) is 76.1 Å². The molecule has 0 atom stereocenters. The number of benzene rings is 2. The molecule has 138 valence electrons. The molecular weight excluding hydrogens is 340 g/mol. The number of nitrogens with zero attached hydrogens (tertiary/aromatic N) is 2. The fourth-order valence-electron chi connectivity index (χ4n) is 2.51. The van der Waals surface area contributed by atoms with Crippen LogP contribution in [0.25, 0.3) is 0 Å². The van der Waals surface area contributed by atoms with Crippen LogP contribution >= 0.6 is 0 Å². The van der Waals surface area contributed by atoms with E-state index in [0.29, 0.717) is 17.2 Å². The molecule has 6 nitrogen and oxygen atoms in total. The molecule has 6 heteroatoms. The molecule has 2 N–H and O–H groups in total. The summed E-state index contributed by atoms with van der Waals surface area (Å²) in [6.45, 7) is 2.71. The van der Waals surface area contributed by atoms with Crippen molar-refractivity contribution >= 4 is 17.5 Å². The van der Waals surface area contributed by atoms with Crippen molar-refractivity contribution in [3.05, 3.63) is 77.4 Å². The van der Waals surface area contributed by atoms with Gasteiger partial charge in [-0.3, -0.25) is 4.79 Å². The third-order valence-electron chi connectivity index (χ3n) is 4.10. The van der Waals surface area contributed by atoms with Crippen molar-refractivity contribution in [3.63, 3.8) is 0 Å². The Morgan fingerprint density at radius 2 is 1.59 bits per heavy atom. The SMILES string of the molecule is COc1ccc(CCNc2ccc(NC(=O)c3ccc(C)cc3)nn2)cc1. The molecule has 2 aromatic carbocycles. The molecule has 0 spiro atoms. The molecule has 0 saturated carbocycles. The quantitative estimate of drug-likeness (QED) is 0.670. The van der Waals surface area contributed by atoms with Crippen LogP contribution in [0.15, 0.2) is 60.7 Å². The average molecular weight is 362 g/mol. The first kappa shape index (κ1) is 18.4. The first-order valence-electron chi connectivity index (χ1n) is 8.72. The zero-order chi connectivity index (χ0) is 19.1. The maximum atomic E-state index is 12.2. The van der Waals surface area contributed by atoms with Crippen molar-refractivity contribution in [3.8, 4) is 5.75 Å². The number of carbonyl (C=O) groups is 1. The highest BCUT2D eigenvalue weighted by Crippen LogP contribution is 2.12. The number of amides is 1. The molecule has 0 unspecified atom stereocenters. The van der Waals surface area contributed by atoms with Crippen molar-refractivity contribution in [2.75, 3.05) is 24.3 Å². The Morgan fingerprint density at radius 1 is 0.926 bits per heavy atom. The summed E-state index contributed by atoms with van der Waals surface area (Å²) in [5.41, 5.74) is 2.90. The van der Waals surface area contributed by atoms with E-state index in [9.17, 15) is 4.79 Å². The van der Waals surface area contributed by atoms with Crippen molar-refractivity contribution in [2.45, 2.75) is 13.3 Å². The highest BCUT2D eigenvalue weighted by atomic mass is 16.5. The molecule has 3 rings (SSSR count). The molecule has 0 fully saturated rings. The minimum absolute atomic E-state index is 0.204. The lowest BCUT2D eigenvalue weighted by atomic mass is 10.1. The highest BCUT2D eigenvalue weighted by Gasteiger charge is 2.07. The van der Waals surface area contributed by atoms with Crippen LogP contribution in [0.4, 0.5) is 11.6 Å². The van der Waals surface area contributed by atoms with Gasteiger partial charge in [0, 0.05) is 12.1 Å². The number of carbonyl (C=O) groups excluding carboxylic acids is 1. The number of methoxy groups -OCH3 is 1. The van der Waals surface area contributed by atoms with Crippen LogP contribution < -0.4 is 15.4 Å². The Kier molecular flexibility index (Phi) is 5.99. The lowest BCUT2D eigenvalue weighted by molar-refractivity contribution is 0.102. The minimum Gasteiger partial charge on any atom is -0.497 e. The normalized spacial score (nSPS) is 10.3. The van der Waals surface area contributed by atoms with E-state index in [-0.39, 0.29) is 5.91 Å². The van der Waals surface area contributed by atoms with Gasteiger partial charge in [-0.15, -0.1) is 10.2 Å². The summed E-state index contributed by atoms with van der Waals surface area (Å²) in [5.74, 6) is 1.73. The molecule has 3 aromatic rings. The van der Waals surface area contributed by atoms with Crippen LogP contribution in [0.2, 0.25) is 0 Å². The fraction of sp³-hybridized carbons (Fsp3) is 0.190. The van der Waals surface area contributed by atoms with E-state index in [1.54, 1.807) is 31.4 Å². The third-order valence-corrected chi connectivity index (χ3v) is 4.10. The molecule has 1 amide bonds. The Bertz CT molecular complexity index is 876. The number of rotatable bonds is 7. The van der Waals surface area contributed by atoms with E-state index < -0.39 is 0 Å². The number of aryl methyl sites for hydroxylation is 1. The maximum Gasteiger partial charge on any atom is 0.256 e. The number of nitrogens with one attached hydrogen (secondary N) is 2. The van der Waals surface area contributed by atoms with Crippen LogP contribution in [0.5, 0.6) is 5.75 Å². The summed E-state index contributed by atoms with van der Waals surface area (Å²) in [6, 6.07) is 18.9. The van der Waals surface area contributed by atoms with Gasteiger partial charge < -0.3 is 15.4 Å². The summed E-state index contributed by atoms with van der Waals surface area (Å²) in [7, 11) is 1.65. The minimum atomic E-state index is -0.204. The van der Waals surface area contributed by atoms with E-state index in [4.69, 9.17) is 4.74 Å². The summed E-state index contributed by atoms with van der Waals surface area (Å²) >= 11 is 0. The van der Waals surface area contributed by atoms with Gasteiger partial charge in [-0.2, -0.15) is 0 Å². The molecule has 27 heavy (non-hydrogen) atoms. The lowest BCUT2D eigenvalue weighted by Gasteiger charge is -2.07. The van der Waals surface area contributed by atoms with Crippen molar-refractivity contribution in [1.29, 1.82) is 0 Å². The highest BCUT2D eigenvalue weighted by molar-refractivity contribution is 6.03. The summed E-state index contributed by atoms with van der Waals surface area (Å²) in [4.78, 5) is 12.2. The van der Waals surface area contributed by atoms with E-state index in [1.807, 2.05) is 43.3 Å².